The first kappa shape index (κ1) is 89.4. The molecule has 0 spiro atoms. The summed E-state index contributed by atoms with van der Waals surface area (Å²) in [5.74, 6) is -21.2. The van der Waals surface area contributed by atoms with E-state index in [2.05, 4.69) is 21.3 Å². The maximum absolute atomic E-state index is 17.2. The van der Waals surface area contributed by atoms with E-state index in [0.717, 1.165) is 0 Å². The van der Waals surface area contributed by atoms with Gasteiger partial charge >= 0.3 is 53.7 Å². The Hall–Kier alpha value is -8.67. The number of carbonyl (C=O) groups excluding carboxylic acids is 7. The minimum Gasteiger partial charge on any atom is -0.481 e. The van der Waals surface area contributed by atoms with Crippen LogP contribution in [0.1, 0.15) is 167 Å². The van der Waals surface area contributed by atoms with Gasteiger partial charge in [-0.15, -0.1) is 0 Å². The van der Waals surface area contributed by atoms with Gasteiger partial charge in [0, 0.05) is 129 Å². The smallest absolute Gasteiger partial charge is 0.326 e. The lowest BCUT2D eigenvalue weighted by Gasteiger charge is -2.44. The maximum atomic E-state index is 17.2. The van der Waals surface area contributed by atoms with Crippen LogP contribution in [0.25, 0.3) is 0 Å². The Balaban J connectivity index is 2.15. The van der Waals surface area contributed by atoms with E-state index in [4.69, 9.17) is 5.11 Å². The molecule has 1 aromatic carbocycles. The topological polar surface area (TPSA) is 516 Å². The van der Waals surface area contributed by atoms with E-state index in [9.17, 15) is 118 Å². The number of unbranched alkanes of at least 4 members (excludes halogenated alkanes) is 2. The molecule has 1 aromatic rings. The molecule has 4 amide bonds. The van der Waals surface area contributed by atoms with Crippen molar-refractivity contribution in [3.05, 3.63) is 29.8 Å². The third-order valence-corrected chi connectivity index (χ3v) is 23.0. The van der Waals surface area contributed by atoms with E-state index < -0.39 is 214 Å². The zero-order chi connectivity index (χ0) is 77.2. The van der Waals surface area contributed by atoms with Gasteiger partial charge in [0.1, 0.15) is 35.5 Å². The third-order valence-electron chi connectivity index (χ3n) is 17.7. The van der Waals surface area contributed by atoms with Crippen LogP contribution in [0, 0.1) is 17.8 Å². The first-order valence-corrected chi connectivity index (χ1v) is 35.8. The SMILES string of the molecule is CC(C)(C)[Si](F)(c1ccc(C(=O)NC[C@H](CC(=O)CC[C@H](C(=O)O)N2CCN(CC(=O)O)CCN(CC(=O)O)CCN(CC(=O)O)CC2)C(=O)N[C@H](CCCCNC(=O)CCC(=O)CCCC[C@@H](NC(=O)CC[C@H](CC(=O)C[C@@H](CCC(=O)O)C(=O)O)C(=O)O)C(=O)O)C(=O)O)cc1)C(C)(C)C. The average Bonchev–Trinajstić information content (AvgIpc) is 0.748. The van der Waals surface area contributed by atoms with Crippen LogP contribution in [-0.4, -0.2) is 272 Å². The molecular formula is C67H103FN8O25Si. The number of carboxylic acid groups (broad SMARTS) is 9. The molecule has 0 saturated carbocycles. The first-order chi connectivity index (χ1) is 47.5. The Kier molecular flexibility index (Phi) is 38.5. The number of nitrogens with zero attached hydrogens (tertiary/aromatic N) is 4. The lowest BCUT2D eigenvalue weighted by Crippen LogP contribution is -2.57. The van der Waals surface area contributed by atoms with E-state index in [1.165, 1.54) is 43.9 Å². The van der Waals surface area contributed by atoms with Gasteiger partial charge in [-0.2, -0.15) is 0 Å². The van der Waals surface area contributed by atoms with Crippen LogP contribution in [0.3, 0.4) is 0 Å². The molecule has 1 heterocycles. The number of benzene rings is 1. The lowest BCUT2D eigenvalue weighted by molar-refractivity contribution is -0.147. The average molecular weight is 1470 g/mol. The van der Waals surface area contributed by atoms with Gasteiger partial charge in [-0.3, -0.25) is 86.7 Å². The summed E-state index contributed by atoms with van der Waals surface area (Å²) in [5, 5.41) is 96.1. The molecule has 2 rings (SSSR count). The molecule has 0 unspecified atom stereocenters. The van der Waals surface area contributed by atoms with Crippen molar-refractivity contribution >= 4 is 108 Å². The van der Waals surface area contributed by atoms with Crippen molar-refractivity contribution in [3.8, 4) is 0 Å². The van der Waals surface area contributed by atoms with Crippen molar-refractivity contribution in [1.82, 2.24) is 40.9 Å². The fourth-order valence-corrected chi connectivity index (χ4v) is 16.8. The predicted molar refractivity (Wildman–Crippen MR) is 364 cm³/mol. The lowest BCUT2D eigenvalue weighted by atomic mass is 9.90. The number of rotatable bonds is 47. The van der Waals surface area contributed by atoms with E-state index in [1.54, 1.807) is 0 Å². The number of Topliss-reactive ketones (excluding diaryl/α,β-unsaturated/α-hetero) is 3. The number of nitrogens with one attached hydrogen (secondary N) is 4. The Bertz CT molecular complexity index is 3040. The summed E-state index contributed by atoms with van der Waals surface area (Å²) in [6, 6.07) is 1.51. The van der Waals surface area contributed by atoms with Crippen molar-refractivity contribution in [2.45, 2.75) is 185 Å². The molecule has 33 nitrogen and oxygen atoms in total. The number of ketones is 3. The second-order valence-corrected chi connectivity index (χ2v) is 32.7. The summed E-state index contributed by atoms with van der Waals surface area (Å²) in [4.78, 5) is 206. The maximum Gasteiger partial charge on any atom is 0.326 e. The van der Waals surface area contributed by atoms with Crippen molar-refractivity contribution in [2.24, 2.45) is 17.8 Å². The Morgan fingerprint density at radius 3 is 1.32 bits per heavy atom. The monoisotopic (exact) mass is 1470 g/mol. The highest BCUT2D eigenvalue weighted by Crippen LogP contribution is 2.51. The summed E-state index contributed by atoms with van der Waals surface area (Å²) in [6.07, 6.45) is -4.80. The molecule has 6 atom stereocenters. The van der Waals surface area contributed by atoms with E-state index >= 15 is 4.11 Å². The van der Waals surface area contributed by atoms with Crippen molar-refractivity contribution in [2.75, 3.05) is 85.1 Å². The van der Waals surface area contributed by atoms with Crippen LogP contribution >= 0.6 is 0 Å². The van der Waals surface area contributed by atoms with Crippen LogP contribution in [0.2, 0.25) is 10.1 Å². The second kappa shape index (κ2) is 44.0. The van der Waals surface area contributed by atoms with Gasteiger partial charge < -0.3 is 71.3 Å². The van der Waals surface area contributed by atoms with Gasteiger partial charge in [-0.1, -0.05) is 60.1 Å². The number of hydrogen-bond acceptors (Lipinski definition) is 20. The van der Waals surface area contributed by atoms with Crippen molar-refractivity contribution in [1.29, 1.82) is 0 Å². The molecule has 0 bridgehead atoms. The van der Waals surface area contributed by atoms with Gasteiger partial charge in [0.2, 0.25) is 17.7 Å². The number of carboxylic acids is 9. The molecule has 0 aliphatic carbocycles. The third kappa shape index (κ3) is 33.4. The summed E-state index contributed by atoms with van der Waals surface area (Å²) in [6.45, 7) is 8.94. The largest absolute Gasteiger partial charge is 0.481 e. The van der Waals surface area contributed by atoms with Crippen LogP contribution in [0.5, 0.6) is 0 Å². The Morgan fingerprint density at radius 2 is 0.882 bits per heavy atom. The number of aliphatic carboxylic acids is 9. The standard InChI is InChI=1S/C67H103FN8O25Si/c1-66(2,3)102(68,67(4,5)6)49-20-14-42(15-21-49)59(90)70-38-45(37-47(78)18-22-52(65(100)101)76-33-31-74(40-57(86)87)29-27-73(39-56(84)85)28-30-75(32-34-76)41-58(88)89)60(91)72-51(64(98)99)13-9-10-26-69-53(80)24-19-46(77)11-7-8-12-50(63(96)97)71-54(81)23-16-43(61(92)93)35-48(79)36-44(62(94)95)17-25-55(82)83/h14-15,20-21,43-45,50-52H,7-13,16-19,22-41H2,1-6H3,(H,69,80)(H,70,90)(H,71,81)(H,72,91)(H,82,83)(H,84,85)(H,86,87)(H,88,89)(H,92,93)(H,94,95)(H,96,97)(H,98,99)(H,100,101)/t43-,44-,45+,50-,51-,52-/m1/s1. The zero-order valence-corrected chi connectivity index (χ0v) is 59.9. The predicted octanol–water partition coefficient (Wildman–Crippen LogP) is 2.15. The van der Waals surface area contributed by atoms with Gasteiger partial charge in [0.15, 0.2) is 0 Å². The van der Waals surface area contributed by atoms with Crippen LogP contribution in [0.4, 0.5) is 4.11 Å². The molecule has 1 fully saturated rings. The molecule has 1 aliphatic rings. The Morgan fingerprint density at radius 1 is 0.431 bits per heavy atom. The van der Waals surface area contributed by atoms with Crippen LogP contribution in [0.15, 0.2) is 24.3 Å². The van der Waals surface area contributed by atoms with Gasteiger partial charge in [0.05, 0.1) is 37.4 Å². The Labute approximate surface area is 591 Å². The molecule has 35 heteroatoms. The second-order valence-electron chi connectivity index (χ2n) is 27.8. The number of amides is 4. The molecule has 13 N–H and O–H groups in total. The molecule has 572 valence electrons. The highest BCUT2D eigenvalue weighted by atomic mass is 28.4. The van der Waals surface area contributed by atoms with E-state index in [1.807, 2.05) is 41.5 Å². The van der Waals surface area contributed by atoms with Crippen molar-refractivity contribution in [3.63, 3.8) is 0 Å². The highest BCUT2D eigenvalue weighted by Gasteiger charge is 2.56. The summed E-state index contributed by atoms with van der Waals surface area (Å²) >= 11 is 0. The normalized spacial score (nSPS) is 15.8. The van der Waals surface area contributed by atoms with Crippen molar-refractivity contribution < 1.29 is 127 Å². The molecular weight excluding hydrogens is 1360 g/mol. The molecule has 1 saturated heterocycles. The molecule has 1 aliphatic heterocycles. The molecule has 102 heavy (non-hydrogen) atoms. The summed E-state index contributed by atoms with van der Waals surface area (Å²) in [7, 11) is -3.76. The summed E-state index contributed by atoms with van der Waals surface area (Å²) in [5.41, 5.74) is 0.0713. The number of halogens is 1. The van der Waals surface area contributed by atoms with Gasteiger partial charge in [-0.25, -0.2) is 9.59 Å². The van der Waals surface area contributed by atoms with E-state index in [-0.39, 0.29) is 141 Å². The van der Waals surface area contributed by atoms with Gasteiger partial charge in [-0.05, 0) is 78.8 Å². The fraction of sp³-hybridized carbons (Fsp3) is 0.672. The first-order valence-electron chi connectivity index (χ1n) is 34.0. The number of carbonyl (C=O) groups is 16. The quantitative estimate of drug-likeness (QED) is 0.0253. The molecule has 0 aromatic heterocycles. The van der Waals surface area contributed by atoms with Gasteiger partial charge in [0.25, 0.3) is 14.3 Å². The minimum absolute atomic E-state index is 0.0163. The number of hydrogen-bond donors (Lipinski definition) is 13. The fourth-order valence-electron chi connectivity index (χ4n) is 12.2. The van der Waals surface area contributed by atoms with Crippen LogP contribution < -0.4 is 26.5 Å². The highest BCUT2D eigenvalue weighted by molar-refractivity contribution is 6.90. The zero-order valence-electron chi connectivity index (χ0n) is 58.9. The van der Waals surface area contributed by atoms with Crippen LogP contribution in [-0.2, 0) is 71.9 Å². The minimum atomic E-state index is -3.76. The van der Waals surface area contributed by atoms with E-state index in [0.29, 0.717) is 5.19 Å². The molecule has 0 radical (unpaired) electrons. The summed E-state index contributed by atoms with van der Waals surface area (Å²) < 4.78 is 17.2.